The van der Waals surface area contributed by atoms with Crippen molar-refractivity contribution in [3.63, 3.8) is 0 Å². The second-order valence-electron chi connectivity index (χ2n) is 3.85. The van der Waals surface area contributed by atoms with E-state index in [0.717, 1.165) is 5.69 Å². The Bertz CT molecular complexity index is 357. The van der Waals surface area contributed by atoms with Crippen molar-refractivity contribution in [2.24, 2.45) is 0 Å². The molecule has 1 heterocycles. The smallest absolute Gasteiger partial charge is 0.183 e. The van der Waals surface area contributed by atoms with E-state index in [0.29, 0.717) is 0 Å². The molecule has 0 aliphatic rings. The molecular formula is C9H12N4. The summed E-state index contributed by atoms with van der Waals surface area (Å²) in [6.07, 6.45) is 1.61. The summed E-state index contributed by atoms with van der Waals surface area (Å²) < 4.78 is 0. The molecule has 0 bridgehead atoms. The van der Waals surface area contributed by atoms with E-state index in [4.69, 9.17) is 11.0 Å². The monoisotopic (exact) mass is 176 g/mol. The molecule has 0 saturated heterocycles. The summed E-state index contributed by atoms with van der Waals surface area (Å²) in [6.45, 7) is 6.02. The number of nitriles is 1. The zero-order valence-electron chi connectivity index (χ0n) is 8.00. The third-order valence-corrected chi connectivity index (χ3v) is 1.68. The Morgan fingerprint density at radius 2 is 2.08 bits per heavy atom. The largest absolute Gasteiger partial charge is 0.381 e. The normalized spacial score (nSPS) is 10.9. The molecule has 0 aliphatic carbocycles. The molecule has 4 heteroatoms. The van der Waals surface area contributed by atoms with E-state index in [-0.39, 0.29) is 16.9 Å². The van der Waals surface area contributed by atoms with Crippen molar-refractivity contribution in [2.75, 3.05) is 5.73 Å². The second-order valence-corrected chi connectivity index (χ2v) is 3.85. The van der Waals surface area contributed by atoms with Crippen molar-refractivity contribution in [1.29, 1.82) is 5.26 Å². The van der Waals surface area contributed by atoms with E-state index in [9.17, 15) is 0 Å². The summed E-state index contributed by atoms with van der Waals surface area (Å²) in [5, 5.41) is 8.68. The van der Waals surface area contributed by atoms with Gasteiger partial charge in [-0.15, -0.1) is 0 Å². The highest BCUT2D eigenvalue weighted by Crippen LogP contribution is 2.20. The first-order chi connectivity index (χ1) is 5.95. The van der Waals surface area contributed by atoms with E-state index >= 15 is 0 Å². The summed E-state index contributed by atoms with van der Waals surface area (Å²) in [4.78, 5) is 8.02. The molecule has 1 rings (SSSR count). The van der Waals surface area contributed by atoms with Crippen LogP contribution < -0.4 is 5.73 Å². The molecule has 68 valence electrons. The Balaban J connectivity index is 3.24. The quantitative estimate of drug-likeness (QED) is 0.645. The Morgan fingerprint density at radius 1 is 1.46 bits per heavy atom. The molecular weight excluding hydrogens is 164 g/mol. The van der Waals surface area contributed by atoms with Crippen LogP contribution in [0.1, 0.15) is 32.2 Å². The lowest BCUT2D eigenvalue weighted by Gasteiger charge is -2.16. The van der Waals surface area contributed by atoms with Crippen LogP contribution in [0.5, 0.6) is 0 Å². The number of nitrogens with two attached hydrogens (primary N) is 1. The number of nitrogen functional groups attached to an aromatic ring is 1. The minimum atomic E-state index is -0.105. The third kappa shape index (κ3) is 1.94. The Morgan fingerprint density at radius 3 is 2.54 bits per heavy atom. The highest BCUT2D eigenvalue weighted by molar-refractivity contribution is 5.43. The standard InChI is InChI=1S/C9H12N4/c1-9(2,3)7-5-12-8(11)6(4-10)13-7/h5H,1-3H3,(H2,11,12). The van der Waals surface area contributed by atoms with Gasteiger partial charge >= 0.3 is 0 Å². The zero-order valence-corrected chi connectivity index (χ0v) is 8.00. The molecule has 0 radical (unpaired) electrons. The minimum Gasteiger partial charge on any atom is -0.381 e. The van der Waals surface area contributed by atoms with Gasteiger partial charge in [0.25, 0.3) is 0 Å². The molecule has 13 heavy (non-hydrogen) atoms. The van der Waals surface area contributed by atoms with Crippen LogP contribution in [-0.2, 0) is 5.41 Å². The number of hydrogen-bond acceptors (Lipinski definition) is 4. The summed E-state index contributed by atoms with van der Waals surface area (Å²) >= 11 is 0. The van der Waals surface area contributed by atoms with Crippen LogP contribution in [0.3, 0.4) is 0 Å². The molecule has 0 amide bonds. The maximum absolute atomic E-state index is 8.68. The molecule has 0 fully saturated rings. The average molecular weight is 176 g/mol. The van der Waals surface area contributed by atoms with Crippen molar-refractivity contribution in [3.05, 3.63) is 17.6 Å². The van der Waals surface area contributed by atoms with Crippen LogP contribution in [0.25, 0.3) is 0 Å². The van der Waals surface area contributed by atoms with Crippen molar-refractivity contribution in [3.8, 4) is 6.07 Å². The van der Waals surface area contributed by atoms with Crippen molar-refractivity contribution in [2.45, 2.75) is 26.2 Å². The van der Waals surface area contributed by atoms with Gasteiger partial charge in [-0.05, 0) is 0 Å². The van der Waals surface area contributed by atoms with E-state index in [2.05, 4.69) is 9.97 Å². The minimum absolute atomic E-state index is 0.105. The summed E-state index contributed by atoms with van der Waals surface area (Å²) in [6, 6.07) is 1.91. The van der Waals surface area contributed by atoms with E-state index in [1.54, 1.807) is 6.20 Å². The molecule has 0 spiro atoms. The molecule has 0 aliphatic heterocycles. The molecule has 1 aromatic heterocycles. The van der Waals surface area contributed by atoms with Crippen LogP contribution in [0.15, 0.2) is 6.20 Å². The number of hydrogen-bond donors (Lipinski definition) is 1. The predicted molar refractivity (Wildman–Crippen MR) is 49.9 cm³/mol. The van der Waals surface area contributed by atoms with Gasteiger partial charge in [0, 0.05) is 5.41 Å². The summed E-state index contributed by atoms with van der Waals surface area (Å²) in [5.74, 6) is 0.190. The van der Waals surface area contributed by atoms with Crippen LogP contribution in [0, 0.1) is 11.3 Å². The van der Waals surface area contributed by atoms with Crippen molar-refractivity contribution >= 4 is 5.82 Å². The molecule has 0 atom stereocenters. The van der Waals surface area contributed by atoms with E-state index in [1.165, 1.54) is 0 Å². The fourth-order valence-corrected chi connectivity index (χ4v) is 0.842. The SMILES string of the molecule is CC(C)(C)c1cnc(N)c(C#N)n1. The van der Waals surface area contributed by atoms with E-state index in [1.807, 2.05) is 26.8 Å². The maximum Gasteiger partial charge on any atom is 0.183 e. The lowest BCUT2D eigenvalue weighted by Crippen LogP contribution is -2.15. The Hall–Kier alpha value is -1.63. The topological polar surface area (TPSA) is 75.6 Å². The first-order valence-corrected chi connectivity index (χ1v) is 3.98. The summed E-state index contributed by atoms with van der Waals surface area (Å²) in [7, 11) is 0. The lowest BCUT2D eigenvalue weighted by atomic mass is 9.92. The van der Waals surface area contributed by atoms with Crippen molar-refractivity contribution < 1.29 is 0 Å². The van der Waals surface area contributed by atoms with Crippen molar-refractivity contribution in [1.82, 2.24) is 9.97 Å². The maximum atomic E-state index is 8.68. The van der Waals surface area contributed by atoms with Gasteiger partial charge < -0.3 is 5.73 Å². The number of aromatic nitrogens is 2. The molecule has 1 aromatic rings. The summed E-state index contributed by atoms with van der Waals surface area (Å²) in [5.41, 5.74) is 6.32. The van der Waals surface area contributed by atoms with Gasteiger partial charge in [-0.25, -0.2) is 9.97 Å². The van der Waals surface area contributed by atoms with Gasteiger partial charge in [-0.2, -0.15) is 5.26 Å². The van der Waals surface area contributed by atoms with Gasteiger partial charge in [-0.1, -0.05) is 20.8 Å². The molecule has 0 unspecified atom stereocenters. The third-order valence-electron chi connectivity index (χ3n) is 1.68. The Labute approximate surface area is 77.4 Å². The molecule has 0 saturated carbocycles. The fourth-order valence-electron chi connectivity index (χ4n) is 0.842. The highest BCUT2D eigenvalue weighted by Gasteiger charge is 2.17. The van der Waals surface area contributed by atoms with E-state index < -0.39 is 0 Å². The van der Waals surface area contributed by atoms with Gasteiger partial charge in [0.1, 0.15) is 6.07 Å². The van der Waals surface area contributed by atoms with Crippen LogP contribution in [0.4, 0.5) is 5.82 Å². The average Bonchev–Trinajstić information content (AvgIpc) is 2.03. The zero-order chi connectivity index (χ0) is 10.1. The van der Waals surface area contributed by atoms with Gasteiger partial charge in [0.15, 0.2) is 11.5 Å². The Kier molecular flexibility index (Phi) is 2.20. The fraction of sp³-hybridized carbons (Fsp3) is 0.444. The predicted octanol–water partition coefficient (Wildman–Crippen LogP) is 1.23. The molecule has 2 N–H and O–H groups in total. The van der Waals surface area contributed by atoms with Crippen LogP contribution in [0.2, 0.25) is 0 Å². The van der Waals surface area contributed by atoms with Gasteiger partial charge in [-0.3, -0.25) is 0 Å². The highest BCUT2D eigenvalue weighted by atomic mass is 14.9. The molecule has 0 aromatic carbocycles. The first-order valence-electron chi connectivity index (χ1n) is 3.98. The number of nitrogens with zero attached hydrogens (tertiary/aromatic N) is 3. The lowest BCUT2D eigenvalue weighted by molar-refractivity contribution is 0.565. The van der Waals surface area contributed by atoms with Gasteiger partial charge in [0.2, 0.25) is 0 Å². The second kappa shape index (κ2) is 3.02. The van der Waals surface area contributed by atoms with Crippen LogP contribution in [-0.4, -0.2) is 9.97 Å². The number of anilines is 1. The van der Waals surface area contributed by atoms with Crippen LogP contribution >= 0.6 is 0 Å². The van der Waals surface area contributed by atoms with Gasteiger partial charge in [0.05, 0.1) is 11.9 Å². The molecule has 4 nitrogen and oxygen atoms in total. The first kappa shape index (κ1) is 9.46. The number of rotatable bonds is 0.